The van der Waals surface area contributed by atoms with Crippen LogP contribution in [0.5, 0.6) is 5.75 Å². The van der Waals surface area contributed by atoms with Crippen molar-refractivity contribution in [2.45, 2.75) is 12.3 Å². The summed E-state index contributed by atoms with van der Waals surface area (Å²) in [6.07, 6.45) is 1.91. The summed E-state index contributed by atoms with van der Waals surface area (Å²) in [5.74, 6) is -1.01. The molecule has 22 heavy (non-hydrogen) atoms. The number of amides is 2. The van der Waals surface area contributed by atoms with Gasteiger partial charge in [-0.15, -0.1) is 0 Å². The fourth-order valence-corrected chi connectivity index (χ4v) is 3.05. The molecule has 0 spiro atoms. The number of imide groups is 1. The van der Waals surface area contributed by atoms with Crippen molar-refractivity contribution < 1.29 is 14.7 Å². The van der Waals surface area contributed by atoms with E-state index in [0.29, 0.717) is 0 Å². The number of carbonyl (C=O) groups is 2. The van der Waals surface area contributed by atoms with Gasteiger partial charge in [0.25, 0.3) is 0 Å². The van der Waals surface area contributed by atoms with Gasteiger partial charge < -0.3 is 15.1 Å². The Balaban J connectivity index is 2.01. The van der Waals surface area contributed by atoms with Crippen LogP contribution in [0.4, 0.5) is 0 Å². The van der Waals surface area contributed by atoms with Gasteiger partial charge in [-0.2, -0.15) is 0 Å². The highest BCUT2D eigenvalue weighted by molar-refractivity contribution is 6.09. The molecule has 3 aromatic rings. The van der Waals surface area contributed by atoms with E-state index in [2.05, 4.69) is 15.3 Å². The maximum atomic E-state index is 12.1. The van der Waals surface area contributed by atoms with Gasteiger partial charge in [0.2, 0.25) is 11.8 Å². The summed E-state index contributed by atoms with van der Waals surface area (Å²) in [7, 11) is 0. The van der Waals surface area contributed by atoms with Gasteiger partial charge in [0, 0.05) is 29.1 Å². The molecule has 0 radical (unpaired) electrons. The van der Waals surface area contributed by atoms with Gasteiger partial charge in [0.15, 0.2) is 0 Å². The molecule has 110 valence electrons. The molecule has 0 saturated carbocycles. The maximum Gasteiger partial charge on any atom is 0.234 e. The van der Waals surface area contributed by atoms with Crippen molar-refractivity contribution in [2.24, 2.45) is 0 Å². The number of rotatable bonds is 2. The van der Waals surface area contributed by atoms with Crippen molar-refractivity contribution in [3.05, 3.63) is 42.1 Å². The molecule has 2 amide bonds. The molecule has 1 unspecified atom stereocenters. The summed E-state index contributed by atoms with van der Waals surface area (Å²) < 4.78 is 0. The molecule has 1 saturated heterocycles. The van der Waals surface area contributed by atoms with E-state index in [1.165, 1.54) is 0 Å². The molecule has 0 bridgehead atoms. The highest BCUT2D eigenvalue weighted by atomic mass is 16.3. The molecule has 6 nitrogen and oxygen atoms in total. The van der Waals surface area contributed by atoms with E-state index in [0.717, 1.165) is 27.9 Å². The van der Waals surface area contributed by atoms with Crippen LogP contribution >= 0.6 is 0 Å². The molecular weight excluding hydrogens is 282 g/mol. The van der Waals surface area contributed by atoms with E-state index in [4.69, 9.17) is 0 Å². The number of hydrogen-bond donors (Lipinski definition) is 4. The monoisotopic (exact) mass is 295 g/mol. The zero-order chi connectivity index (χ0) is 15.3. The number of aromatic hydroxyl groups is 1. The van der Waals surface area contributed by atoms with Crippen molar-refractivity contribution in [3.63, 3.8) is 0 Å². The van der Waals surface area contributed by atoms with Crippen LogP contribution in [-0.2, 0) is 9.59 Å². The van der Waals surface area contributed by atoms with Crippen LogP contribution in [-0.4, -0.2) is 26.9 Å². The Morgan fingerprint density at radius 1 is 1.18 bits per heavy atom. The topological polar surface area (TPSA) is 98.0 Å². The van der Waals surface area contributed by atoms with Crippen LogP contribution < -0.4 is 5.32 Å². The van der Waals surface area contributed by atoms with Crippen molar-refractivity contribution in [1.82, 2.24) is 15.3 Å². The van der Waals surface area contributed by atoms with Crippen LogP contribution in [0.1, 0.15) is 17.9 Å². The summed E-state index contributed by atoms with van der Waals surface area (Å²) >= 11 is 0. The van der Waals surface area contributed by atoms with Crippen molar-refractivity contribution in [2.75, 3.05) is 0 Å². The van der Waals surface area contributed by atoms with Gasteiger partial charge in [0.1, 0.15) is 5.75 Å². The average Bonchev–Trinajstić information content (AvgIpc) is 3.17. The lowest BCUT2D eigenvalue weighted by Gasteiger charge is -2.08. The van der Waals surface area contributed by atoms with E-state index in [1.54, 1.807) is 24.4 Å². The number of H-pyrrole nitrogens is 2. The lowest BCUT2D eigenvalue weighted by molar-refractivity contribution is -0.125. The number of nitrogens with one attached hydrogen (secondary N) is 3. The van der Waals surface area contributed by atoms with E-state index in [-0.39, 0.29) is 24.0 Å². The van der Waals surface area contributed by atoms with Crippen molar-refractivity contribution in [3.8, 4) is 17.1 Å². The van der Waals surface area contributed by atoms with E-state index in [9.17, 15) is 14.7 Å². The number of phenols is 1. The Hall–Kier alpha value is -3.02. The van der Waals surface area contributed by atoms with Gasteiger partial charge in [-0.25, -0.2) is 0 Å². The summed E-state index contributed by atoms with van der Waals surface area (Å²) in [5, 5.41) is 12.9. The predicted octanol–water partition coefficient (Wildman–Crippen LogP) is 2.00. The molecular formula is C16H13N3O3. The van der Waals surface area contributed by atoms with Crippen LogP contribution in [0.15, 0.2) is 36.5 Å². The number of hydrogen-bond acceptors (Lipinski definition) is 3. The minimum atomic E-state index is -0.554. The molecule has 3 heterocycles. The first-order valence-electron chi connectivity index (χ1n) is 6.95. The quantitative estimate of drug-likeness (QED) is 0.544. The third-order valence-electron chi connectivity index (χ3n) is 4.01. The van der Waals surface area contributed by atoms with Gasteiger partial charge in [-0.1, -0.05) is 0 Å². The molecule has 4 rings (SSSR count). The van der Waals surface area contributed by atoms with Crippen LogP contribution in [0.25, 0.3) is 22.3 Å². The molecule has 1 atom stereocenters. The third kappa shape index (κ3) is 1.81. The normalized spacial score (nSPS) is 18.1. The van der Waals surface area contributed by atoms with E-state index >= 15 is 0 Å². The fraction of sp³-hybridized carbons (Fsp3) is 0.125. The standard InChI is InChI=1S/C16H13N3O3/c20-8-3-4-11-9(6-8)14(10-7-13(21)19-16(10)22)15(18-11)12-2-1-5-17-12/h1-6,10,17-18,20H,7H2,(H,19,21,22). The second-order valence-electron chi connectivity index (χ2n) is 5.40. The number of aromatic nitrogens is 2. The molecule has 1 aromatic carbocycles. The first kappa shape index (κ1) is 12.7. The summed E-state index contributed by atoms with van der Waals surface area (Å²) in [6.45, 7) is 0. The lowest BCUT2D eigenvalue weighted by Crippen LogP contribution is -2.21. The van der Waals surface area contributed by atoms with Crippen LogP contribution in [0, 0.1) is 0 Å². The Kier molecular flexibility index (Phi) is 2.59. The number of fused-ring (bicyclic) bond motifs is 1. The largest absolute Gasteiger partial charge is 0.508 e. The van der Waals surface area contributed by atoms with E-state index < -0.39 is 5.92 Å². The Morgan fingerprint density at radius 3 is 2.73 bits per heavy atom. The van der Waals surface area contributed by atoms with E-state index in [1.807, 2.05) is 12.1 Å². The van der Waals surface area contributed by atoms with Crippen LogP contribution in [0.2, 0.25) is 0 Å². The van der Waals surface area contributed by atoms with Crippen molar-refractivity contribution in [1.29, 1.82) is 0 Å². The maximum absolute atomic E-state index is 12.1. The highest BCUT2D eigenvalue weighted by Gasteiger charge is 2.35. The Bertz CT molecular complexity index is 893. The third-order valence-corrected chi connectivity index (χ3v) is 4.01. The highest BCUT2D eigenvalue weighted by Crippen LogP contribution is 2.39. The van der Waals surface area contributed by atoms with Crippen LogP contribution in [0.3, 0.4) is 0 Å². The van der Waals surface area contributed by atoms with Gasteiger partial charge in [0.05, 0.1) is 17.3 Å². The zero-order valence-electron chi connectivity index (χ0n) is 11.5. The molecule has 4 N–H and O–H groups in total. The average molecular weight is 295 g/mol. The first-order valence-corrected chi connectivity index (χ1v) is 6.95. The lowest BCUT2D eigenvalue weighted by atomic mass is 9.93. The van der Waals surface area contributed by atoms with Gasteiger partial charge in [-0.05, 0) is 30.3 Å². The Morgan fingerprint density at radius 2 is 2.05 bits per heavy atom. The summed E-state index contributed by atoms with van der Waals surface area (Å²) in [4.78, 5) is 30.1. The second-order valence-corrected chi connectivity index (χ2v) is 5.40. The minimum Gasteiger partial charge on any atom is -0.508 e. The smallest absolute Gasteiger partial charge is 0.234 e. The first-order chi connectivity index (χ1) is 10.6. The molecule has 0 aliphatic carbocycles. The Labute approximate surface area is 125 Å². The number of benzene rings is 1. The fourth-order valence-electron chi connectivity index (χ4n) is 3.05. The predicted molar refractivity (Wildman–Crippen MR) is 80.3 cm³/mol. The summed E-state index contributed by atoms with van der Waals surface area (Å²) in [5.41, 5.74) is 3.14. The molecule has 2 aromatic heterocycles. The second kappa shape index (κ2) is 4.49. The summed E-state index contributed by atoms with van der Waals surface area (Å²) in [6, 6.07) is 8.71. The molecule has 1 fully saturated rings. The minimum absolute atomic E-state index is 0.120. The van der Waals surface area contributed by atoms with Crippen molar-refractivity contribution >= 4 is 22.7 Å². The molecule has 1 aliphatic heterocycles. The van der Waals surface area contributed by atoms with Gasteiger partial charge in [-0.3, -0.25) is 14.9 Å². The zero-order valence-corrected chi connectivity index (χ0v) is 11.5. The number of aromatic amines is 2. The number of phenolic OH excluding ortho intramolecular Hbond substituents is 1. The number of carbonyl (C=O) groups excluding carboxylic acids is 2. The SMILES string of the molecule is O=C1CC(c2c(-c3ccc[nH]3)[nH]c3ccc(O)cc23)C(=O)N1. The van der Waals surface area contributed by atoms with Gasteiger partial charge >= 0.3 is 0 Å². The molecule has 1 aliphatic rings. The molecule has 6 heteroatoms.